The molecule has 0 bridgehead atoms. The summed E-state index contributed by atoms with van der Waals surface area (Å²) < 4.78 is 12.1. The fourth-order valence-electron chi connectivity index (χ4n) is 2.98. The molecular weight excluding hydrogens is 430 g/mol. The van der Waals surface area contributed by atoms with E-state index in [1.54, 1.807) is 19.2 Å². The highest BCUT2D eigenvalue weighted by Gasteiger charge is 2.16. The Labute approximate surface area is 180 Å². The maximum absolute atomic E-state index is 12.8. The standard InChI is InChI=1S/C24H24BrNO3/c1-15-5-8-18(9-6-15)14-29-23-20(25)12-19(13-22(23)28-4)24(27)26-21-10-7-16(2)11-17(21)3/h5-13H,14H2,1-4H3,(H,26,27). The molecule has 0 aliphatic carbocycles. The molecule has 3 rings (SSSR count). The molecule has 0 radical (unpaired) electrons. The minimum absolute atomic E-state index is 0.207. The summed E-state index contributed by atoms with van der Waals surface area (Å²) in [4.78, 5) is 12.8. The number of methoxy groups -OCH3 is 1. The summed E-state index contributed by atoms with van der Waals surface area (Å²) in [7, 11) is 1.56. The molecular formula is C24H24BrNO3. The lowest BCUT2D eigenvalue weighted by Gasteiger charge is -2.15. The summed E-state index contributed by atoms with van der Waals surface area (Å²) in [6, 6.07) is 17.5. The Kier molecular flexibility index (Phi) is 6.60. The number of amides is 1. The van der Waals surface area contributed by atoms with E-state index >= 15 is 0 Å². The Morgan fingerprint density at radius 2 is 1.66 bits per heavy atom. The first kappa shape index (κ1) is 20.9. The Morgan fingerprint density at radius 1 is 0.966 bits per heavy atom. The summed E-state index contributed by atoms with van der Waals surface area (Å²) in [6.07, 6.45) is 0. The summed E-state index contributed by atoms with van der Waals surface area (Å²) >= 11 is 3.52. The zero-order valence-electron chi connectivity index (χ0n) is 17.0. The molecule has 0 saturated carbocycles. The highest BCUT2D eigenvalue weighted by atomic mass is 79.9. The Hall–Kier alpha value is -2.79. The van der Waals surface area contributed by atoms with E-state index in [4.69, 9.17) is 9.47 Å². The monoisotopic (exact) mass is 453 g/mol. The van der Waals surface area contributed by atoms with Crippen molar-refractivity contribution in [3.63, 3.8) is 0 Å². The number of anilines is 1. The van der Waals surface area contributed by atoms with Gasteiger partial charge in [-0.25, -0.2) is 0 Å². The van der Waals surface area contributed by atoms with Gasteiger partial charge in [-0.05, 0) is 66.0 Å². The summed E-state index contributed by atoms with van der Waals surface area (Å²) in [6.45, 7) is 6.45. The van der Waals surface area contributed by atoms with E-state index in [1.165, 1.54) is 5.56 Å². The molecule has 3 aromatic carbocycles. The van der Waals surface area contributed by atoms with Crippen molar-refractivity contribution in [2.75, 3.05) is 12.4 Å². The first-order valence-electron chi connectivity index (χ1n) is 9.32. The van der Waals surface area contributed by atoms with Crippen LogP contribution in [0.2, 0.25) is 0 Å². The van der Waals surface area contributed by atoms with Crippen molar-refractivity contribution >= 4 is 27.5 Å². The zero-order chi connectivity index (χ0) is 21.0. The molecule has 0 aliphatic rings. The van der Waals surface area contributed by atoms with Crippen molar-refractivity contribution < 1.29 is 14.3 Å². The second-order valence-corrected chi connectivity index (χ2v) is 7.89. The van der Waals surface area contributed by atoms with E-state index in [9.17, 15) is 4.79 Å². The first-order valence-corrected chi connectivity index (χ1v) is 10.1. The number of aryl methyl sites for hydroxylation is 3. The van der Waals surface area contributed by atoms with Crippen molar-refractivity contribution in [1.29, 1.82) is 0 Å². The number of hydrogen-bond donors (Lipinski definition) is 1. The molecule has 4 nitrogen and oxygen atoms in total. The van der Waals surface area contributed by atoms with Crippen LogP contribution in [0.5, 0.6) is 11.5 Å². The van der Waals surface area contributed by atoms with E-state index in [2.05, 4.69) is 21.2 Å². The maximum atomic E-state index is 12.8. The molecule has 5 heteroatoms. The normalized spacial score (nSPS) is 10.5. The minimum atomic E-state index is -0.207. The van der Waals surface area contributed by atoms with Crippen LogP contribution in [0.3, 0.4) is 0 Å². The fourth-order valence-corrected chi connectivity index (χ4v) is 3.54. The molecule has 150 valence electrons. The van der Waals surface area contributed by atoms with E-state index in [1.807, 2.05) is 63.2 Å². The van der Waals surface area contributed by atoms with Crippen LogP contribution in [0.25, 0.3) is 0 Å². The van der Waals surface area contributed by atoms with Crippen LogP contribution >= 0.6 is 15.9 Å². The summed E-state index contributed by atoms with van der Waals surface area (Å²) in [5, 5.41) is 2.96. The van der Waals surface area contributed by atoms with Crippen molar-refractivity contribution in [3.05, 3.63) is 86.9 Å². The van der Waals surface area contributed by atoms with Gasteiger partial charge in [0.05, 0.1) is 11.6 Å². The number of ether oxygens (including phenoxy) is 2. The molecule has 0 aromatic heterocycles. The fraction of sp³-hybridized carbons (Fsp3) is 0.208. The molecule has 0 spiro atoms. The lowest BCUT2D eigenvalue weighted by atomic mass is 10.1. The van der Waals surface area contributed by atoms with E-state index in [0.29, 0.717) is 28.1 Å². The quantitative estimate of drug-likeness (QED) is 0.482. The van der Waals surface area contributed by atoms with Gasteiger partial charge in [0.25, 0.3) is 5.91 Å². The zero-order valence-corrected chi connectivity index (χ0v) is 18.6. The largest absolute Gasteiger partial charge is 0.493 e. The number of halogens is 1. The van der Waals surface area contributed by atoms with Crippen molar-refractivity contribution in [1.82, 2.24) is 0 Å². The SMILES string of the molecule is COc1cc(C(=O)Nc2ccc(C)cc2C)cc(Br)c1OCc1ccc(C)cc1. The second-order valence-electron chi connectivity index (χ2n) is 7.04. The molecule has 29 heavy (non-hydrogen) atoms. The molecule has 0 fully saturated rings. The van der Waals surface area contributed by atoms with Crippen LogP contribution in [-0.4, -0.2) is 13.0 Å². The number of carbonyl (C=O) groups is 1. The Bertz CT molecular complexity index is 1030. The Balaban J connectivity index is 1.79. The van der Waals surface area contributed by atoms with Crippen LogP contribution in [0.4, 0.5) is 5.69 Å². The van der Waals surface area contributed by atoms with Crippen molar-refractivity contribution in [3.8, 4) is 11.5 Å². The molecule has 0 aliphatic heterocycles. The van der Waals surface area contributed by atoms with E-state index in [0.717, 1.165) is 22.4 Å². The lowest BCUT2D eigenvalue weighted by molar-refractivity contribution is 0.102. The average Bonchev–Trinajstić information content (AvgIpc) is 2.69. The van der Waals surface area contributed by atoms with Crippen LogP contribution in [-0.2, 0) is 6.61 Å². The molecule has 1 N–H and O–H groups in total. The van der Waals surface area contributed by atoms with Gasteiger partial charge in [-0.1, -0.05) is 47.5 Å². The van der Waals surface area contributed by atoms with Gasteiger partial charge in [0.1, 0.15) is 6.61 Å². The average molecular weight is 454 g/mol. The third kappa shape index (κ3) is 5.18. The predicted molar refractivity (Wildman–Crippen MR) is 120 cm³/mol. The van der Waals surface area contributed by atoms with Gasteiger partial charge >= 0.3 is 0 Å². The van der Waals surface area contributed by atoms with Gasteiger partial charge in [0.2, 0.25) is 0 Å². The first-order chi connectivity index (χ1) is 13.9. The van der Waals surface area contributed by atoms with Crippen LogP contribution in [0, 0.1) is 20.8 Å². The number of carbonyl (C=O) groups excluding carboxylic acids is 1. The molecule has 3 aromatic rings. The van der Waals surface area contributed by atoms with E-state index < -0.39 is 0 Å². The summed E-state index contributed by atoms with van der Waals surface area (Å²) in [5.41, 5.74) is 5.70. The number of hydrogen-bond acceptors (Lipinski definition) is 3. The second kappa shape index (κ2) is 9.14. The van der Waals surface area contributed by atoms with Gasteiger partial charge in [-0.15, -0.1) is 0 Å². The molecule has 0 unspecified atom stereocenters. The molecule has 0 atom stereocenters. The van der Waals surface area contributed by atoms with Gasteiger partial charge < -0.3 is 14.8 Å². The highest BCUT2D eigenvalue weighted by molar-refractivity contribution is 9.10. The Morgan fingerprint density at radius 3 is 2.31 bits per heavy atom. The van der Waals surface area contributed by atoms with Crippen molar-refractivity contribution in [2.45, 2.75) is 27.4 Å². The van der Waals surface area contributed by atoms with Crippen LogP contribution in [0.1, 0.15) is 32.6 Å². The predicted octanol–water partition coefficient (Wildman–Crippen LogP) is 6.21. The van der Waals surface area contributed by atoms with Gasteiger partial charge in [0.15, 0.2) is 11.5 Å². The number of nitrogens with one attached hydrogen (secondary N) is 1. The third-order valence-electron chi connectivity index (χ3n) is 4.63. The van der Waals surface area contributed by atoms with Crippen LogP contribution in [0.15, 0.2) is 59.1 Å². The minimum Gasteiger partial charge on any atom is -0.493 e. The van der Waals surface area contributed by atoms with Crippen LogP contribution < -0.4 is 14.8 Å². The molecule has 1 amide bonds. The number of benzene rings is 3. The van der Waals surface area contributed by atoms with Gasteiger partial charge in [-0.3, -0.25) is 4.79 Å². The van der Waals surface area contributed by atoms with Gasteiger partial charge in [-0.2, -0.15) is 0 Å². The number of rotatable bonds is 6. The molecule has 0 heterocycles. The van der Waals surface area contributed by atoms with E-state index in [-0.39, 0.29) is 5.91 Å². The lowest BCUT2D eigenvalue weighted by Crippen LogP contribution is -2.13. The highest BCUT2D eigenvalue weighted by Crippen LogP contribution is 2.37. The topological polar surface area (TPSA) is 47.6 Å². The smallest absolute Gasteiger partial charge is 0.255 e. The maximum Gasteiger partial charge on any atom is 0.255 e. The van der Waals surface area contributed by atoms with Gasteiger partial charge in [0, 0.05) is 11.3 Å². The van der Waals surface area contributed by atoms with Crippen molar-refractivity contribution in [2.24, 2.45) is 0 Å². The summed E-state index contributed by atoms with van der Waals surface area (Å²) in [5.74, 6) is 0.856. The third-order valence-corrected chi connectivity index (χ3v) is 5.21. The molecule has 0 saturated heterocycles.